The van der Waals surface area contributed by atoms with Crippen LogP contribution in [0.5, 0.6) is 0 Å². The molecule has 1 aliphatic rings. The van der Waals surface area contributed by atoms with Crippen molar-refractivity contribution >= 4 is 23.5 Å². The maximum Gasteiger partial charge on any atom is 0.377 e. The van der Waals surface area contributed by atoms with Crippen LogP contribution in [0.1, 0.15) is 17.3 Å². The quantitative estimate of drug-likeness (QED) is 0.765. The van der Waals surface area contributed by atoms with Gasteiger partial charge >= 0.3 is 5.97 Å². The highest BCUT2D eigenvalue weighted by atomic mass is 16.6. The summed E-state index contributed by atoms with van der Waals surface area (Å²) in [5, 5.41) is 2.56. The van der Waals surface area contributed by atoms with Crippen molar-refractivity contribution < 1.29 is 28.6 Å². The number of hydrogen-bond donors (Lipinski definition) is 2. The number of hydrogen-bond acceptors (Lipinski definition) is 6. The predicted octanol–water partition coefficient (Wildman–Crippen LogP) is 0.544. The Morgan fingerprint density at radius 2 is 1.91 bits per heavy atom. The monoisotopic (exact) mass is 320 g/mol. The van der Waals surface area contributed by atoms with E-state index in [1.54, 1.807) is 0 Å². The van der Waals surface area contributed by atoms with Gasteiger partial charge in [0, 0.05) is 11.3 Å². The Labute approximate surface area is 132 Å². The topological polar surface area (TPSA) is 117 Å². The Kier molecular flexibility index (Phi) is 5.19. The molecule has 0 saturated carbocycles. The van der Waals surface area contributed by atoms with Crippen LogP contribution in [-0.2, 0) is 23.8 Å². The third-order valence-corrected chi connectivity index (χ3v) is 2.94. The van der Waals surface area contributed by atoms with Gasteiger partial charge in [-0.3, -0.25) is 9.59 Å². The molecule has 1 heterocycles. The summed E-state index contributed by atoms with van der Waals surface area (Å²) in [5.41, 5.74) is 5.89. The molecule has 2 amide bonds. The summed E-state index contributed by atoms with van der Waals surface area (Å²) in [6.07, 6.45) is 0.115. The molecule has 2 rings (SSSR count). The van der Waals surface area contributed by atoms with Gasteiger partial charge in [0.2, 0.25) is 11.7 Å². The molecule has 0 bridgehead atoms. The highest BCUT2D eigenvalue weighted by Crippen LogP contribution is 2.12. The molecule has 0 saturated heterocycles. The molecular weight excluding hydrogens is 304 g/mol. The van der Waals surface area contributed by atoms with E-state index in [1.165, 1.54) is 31.2 Å². The number of ether oxygens (including phenoxy) is 3. The summed E-state index contributed by atoms with van der Waals surface area (Å²) in [6, 6.07) is 6.00. The fourth-order valence-corrected chi connectivity index (χ4v) is 1.71. The molecule has 0 radical (unpaired) electrons. The number of benzene rings is 1. The summed E-state index contributed by atoms with van der Waals surface area (Å²) in [5.74, 6) is -1.95. The second-order valence-electron chi connectivity index (χ2n) is 4.68. The normalized spacial score (nSPS) is 14.6. The second-order valence-corrected chi connectivity index (χ2v) is 4.68. The van der Waals surface area contributed by atoms with Gasteiger partial charge in [0.1, 0.15) is 19.5 Å². The van der Waals surface area contributed by atoms with E-state index in [0.29, 0.717) is 17.9 Å². The van der Waals surface area contributed by atoms with Crippen LogP contribution in [0.4, 0.5) is 5.69 Å². The first-order valence-electron chi connectivity index (χ1n) is 6.83. The Bertz CT molecular complexity index is 638. The van der Waals surface area contributed by atoms with E-state index in [4.69, 9.17) is 19.9 Å². The van der Waals surface area contributed by atoms with Crippen molar-refractivity contribution in [1.29, 1.82) is 0 Å². The van der Waals surface area contributed by atoms with Crippen molar-refractivity contribution in [3.8, 4) is 0 Å². The SMILES string of the molecule is C[C@H](OC(=O)C1=COCCO1)C(=O)Nc1ccc(C(N)=O)cc1. The van der Waals surface area contributed by atoms with Crippen LogP contribution >= 0.6 is 0 Å². The lowest BCUT2D eigenvalue weighted by atomic mass is 10.2. The predicted molar refractivity (Wildman–Crippen MR) is 79.1 cm³/mol. The molecule has 0 aromatic heterocycles. The van der Waals surface area contributed by atoms with Gasteiger partial charge in [-0.05, 0) is 31.2 Å². The standard InChI is InChI=1S/C15H16N2O6/c1-9(23-15(20)12-8-21-6-7-22-12)14(19)17-11-4-2-10(3-5-11)13(16)18/h2-5,8-9H,6-7H2,1H3,(H2,16,18)(H,17,19)/t9-/m0/s1. The van der Waals surface area contributed by atoms with Crippen molar-refractivity contribution in [3.63, 3.8) is 0 Å². The number of amides is 2. The van der Waals surface area contributed by atoms with Gasteiger partial charge in [0.15, 0.2) is 6.10 Å². The van der Waals surface area contributed by atoms with E-state index in [-0.39, 0.29) is 12.4 Å². The number of anilines is 1. The largest absolute Gasteiger partial charge is 0.493 e. The van der Waals surface area contributed by atoms with Crippen molar-refractivity contribution in [3.05, 3.63) is 41.9 Å². The lowest BCUT2D eigenvalue weighted by molar-refractivity contribution is -0.153. The lowest BCUT2D eigenvalue weighted by Crippen LogP contribution is -2.31. The molecule has 8 heteroatoms. The molecule has 0 aliphatic carbocycles. The van der Waals surface area contributed by atoms with Crippen LogP contribution in [0.15, 0.2) is 36.3 Å². The molecule has 0 unspecified atom stereocenters. The lowest BCUT2D eigenvalue weighted by Gasteiger charge is -2.17. The van der Waals surface area contributed by atoms with Crippen LogP contribution in [0, 0.1) is 0 Å². The number of nitrogens with two attached hydrogens (primary N) is 1. The molecule has 1 aromatic carbocycles. The van der Waals surface area contributed by atoms with Crippen LogP contribution in [-0.4, -0.2) is 37.1 Å². The minimum absolute atomic E-state index is 0.0817. The zero-order valence-electron chi connectivity index (χ0n) is 12.4. The first kappa shape index (κ1) is 16.3. The van der Waals surface area contributed by atoms with E-state index in [2.05, 4.69) is 5.32 Å². The Morgan fingerprint density at radius 3 is 2.48 bits per heavy atom. The number of carbonyl (C=O) groups excluding carboxylic acids is 3. The average Bonchev–Trinajstić information content (AvgIpc) is 2.56. The van der Waals surface area contributed by atoms with E-state index < -0.39 is 23.9 Å². The first-order valence-corrected chi connectivity index (χ1v) is 6.83. The fourth-order valence-electron chi connectivity index (χ4n) is 1.71. The maximum atomic E-state index is 12.0. The van der Waals surface area contributed by atoms with E-state index in [0.717, 1.165) is 6.26 Å². The molecule has 0 fully saturated rings. The molecule has 1 aliphatic heterocycles. The fraction of sp³-hybridized carbons (Fsp3) is 0.267. The highest BCUT2D eigenvalue weighted by molar-refractivity contribution is 5.97. The number of primary amides is 1. The van der Waals surface area contributed by atoms with Gasteiger partial charge in [-0.2, -0.15) is 0 Å². The third kappa shape index (κ3) is 4.47. The first-order chi connectivity index (χ1) is 11.0. The van der Waals surface area contributed by atoms with Crippen molar-refractivity contribution in [1.82, 2.24) is 0 Å². The van der Waals surface area contributed by atoms with Gasteiger partial charge in [-0.25, -0.2) is 4.79 Å². The van der Waals surface area contributed by atoms with Gasteiger partial charge in [0.25, 0.3) is 5.91 Å². The Hall–Kier alpha value is -3.03. The van der Waals surface area contributed by atoms with Crippen molar-refractivity contribution in [2.24, 2.45) is 5.73 Å². The summed E-state index contributed by atoms with van der Waals surface area (Å²) in [4.78, 5) is 34.7. The van der Waals surface area contributed by atoms with Gasteiger partial charge in [-0.15, -0.1) is 0 Å². The molecule has 3 N–H and O–H groups in total. The van der Waals surface area contributed by atoms with Crippen molar-refractivity contribution in [2.45, 2.75) is 13.0 Å². The zero-order valence-corrected chi connectivity index (χ0v) is 12.4. The van der Waals surface area contributed by atoms with Gasteiger partial charge in [-0.1, -0.05) is 0 Å². The number of esters is 1. The maximum absolute atomic E-state index is 12.0. The minimum atomic E-state index is -1.04. The Morgan fingerprint density at radius 1 is 1.22 bits per heavy atom. The van der Waals surface area contributed by atoms with Crippen molar-refractivity contribution in [2.75, 3.05) is 18.5 Å². The number of nitrogens with one attached hydrogen (secondary N) is 1. The molecule has 8 nitrogen and oxygen atoms in total. The average molecular weight is 320 g/mol. The highest BCUT2D eigenvalue weighted by Gasteiger charge is 2.23. The van der Waals surface area contributed by atoms with E-state index in [9.17, 15) is 14.4 Å². The van der Waals surface area contributed by atoms with Crippen LogP contribution in [0.2, 0.25) is 0 Å². The smallest absolute Gasteiger partial charge is 0.377 e. The molecule has 0 spiro atoms. The number of rotatable bonds is 5. The van der Waals surface area contributed by atoms with Crippen LogP contribution in [0.25, 0.3) is 0 Å². The summed E-state index contributed by atoms with van der Waals surface area (Å²) < 4.78 is 15.0. The van der Waals surface area contributed by atoms with E-state index in [1.807, 2.05) is 0 Å². The molecule has 1 aromatic rings. The molecular formula is C15H16N2O6. The van der Waals surface area contributed by atoms with Crippen LogP contribution < -0.4 is 11.1 Å². The summed E-state index contributed by atoms with van der Waals surface area (Å²) in [6.45, 7) is 2.02. The second kappa shape index (κ2) is 7.30. The number of carbonyl (C=O) groups is 3. The van der Waals surface area contributed by atoms with Gasteiger partial charge < -0.3 is 25.3 Å². The van der Waals surface area contributed by atoms with E-state index >= 15 is 0 Å². The summed E-state index contributed by atoms with van der Waals surface area (Å²) >= 11 is 0. The molecule has 122 valence electrons. The minimum Gasteiger partial charge on any atom is -0.493 e. The molecule has 23 heavy (non-hydrogen) atoms. The Balaban J connectivity index is 1.90. The van der Waals surface area contributed by atoms with Gasteiger partial charge in [0.05, 0.1) is 0 Å². The summed E-state index contributed by atoms with van der Waals surface area (Å²) in [7, 11) is 0. The third-order valence-electron chi connectivity index (χ3n) is 2.94. The molecule has 1 atom stereocenters. The zero-order chi connectivity index (χ0) is 16.8. The van der Waals surface area contributed by atoms with Crippen LogP contribution in [0.3, 0.4) is 0 Å².